The quantitative estimate of drug-likeness (QED) is 0.412. The van der Waals surface area contributed by atoms with Crippen molar-refractivity contribution in [3.05, 3.63) is 64.7 Å². The van der Waals surface area contributed by atoms with Crippen LogP contribution in [0, 0.1) is 6.92 Å². The molecule has 0 saturated carbocycles. The predicted molar refractivity (Wildman–Crippen MR) is 125 cm³/mol. The van der Waals surface area contributed by atoms with Crippen LogP contribution in [0.2, 0.25) is 0 Å². The lowest BCUT2D eigenvalue weighted by Crippen LogP contribution is -2.13. The molecule has 0 unspecified atom stereocenters. The Labute approximate surface area is 189 Å². The van der Waals surface area contributed by atoms with Crippen LogP contribution in [-0.2, 0) is 0 Å². The molecule has 0 aliphatic rings. The normalized spacial score (nSPS) is 10.8. The van der Waals surface area contributed by atoms with Gasteiger partial charge in [0.1, 0.15) is 0 Å². The van der Waals surface area contributed by atoms with Gasteiger partial charge in [0.05, 0.1) is 41.6 Å². The molecule has 0 fully saturated rings. The third-order valence-corrected chi connectivity index (χ3v) is 6.15. The Morgan fingerprint density at radius 1 is 0.969 bits per heavy atom. The van der Waals surface area contributed by atoms with Crippen molar-refractivity contribution in [2.24, 2.45) is 0 Å². The Morgan fingerprint density at radius 3 is 2.41 bits per heavy atom. The van der Waals surface area contributed by atoms with Crippen molar-refractivity contribution in [3.8, 4) is 22.8 Å². The number of rotatable bonds is 6. The number of para-hydroxylation sites is 1. The molecule has 162 valence electrons. The van der Waals surface area contributed by atoms with Gasteiger partial charge in [0.2, 0.25) is 0 Å². The van der Waals surface area contributed by atoms with Crippen LogP contribution in [0.25, 0.3) is 22.2 Å². The van der Waals surface area contributed by atoms with Gasteiger partial charge in [-0.05, 0) is 37.3 Å². The van der Waals surface area contributed by atoms with Gasteiger partial charge in [-0.15, -0.1) is 0 Å². The Bertz CT molecular complexity index is 1350. The van der Waals surface area contributed by atoms with E-state index in [1.54, 1.807) is 33.3 Å². The number of nitrogens with one attached hydrogen (secondary N) is 1. The number of aryl methyl sites for hydroxylation is 1. The van der Waals surface area contributed by atoms with Crippen molar-refractivity contribution >= 4 is 39.1 Å². The second kappa shape index (κ2) is 8.76. The molecule has 0 aliphatic heterocycles. The van der Waals surface area contributed by atoms with Gasteiger partial charge in [0.25, 0.3) is 5.91 Å². The first-order valence-electron chi connectivity index (χ1n) is 9.83. The van der Waals surface area contributed by atoms with Crippen LogP contribution >= 0.6 is 11.3 Å². The molecule has 2 aromatic heterocycles. The largest absolute Gasteiger partial charge is 0.493 e. The Morgan fingerprint density at radius 2 is 1.72 bits per heavy atom. The lowest BCUT2D eigenvalue weighted by molar-refractivity contribution is 0.101. The van der Waals surface area contributed by atoms with E-state index in [9.17, 15) is 9.59 Å². The predicted octanol–water partition coefficient (Wildman–Crippen LogP) is 5.14. The highest BCUT2D eigenvalue weighted by Crippen LogP contribution is 2.33. The van der Waals surface area contributed by atoms with Crippen LogP contribution in [0.15, 0.2) is 48.5 Å². The first-order valence-corrected chi connectivity index (χ1v) is 10.6. The molecule has 0 spiro atoms. The number of hydrogen-bond acceptors (Lipinski definition) is 7. The Kier molecular flexibility index (Phi) is 5.87. The van der Waals surface area contributed by atoms with E-state index in [-0.39, 0.29) is 11.7 Å². The third kappa shape index (κ3) is 4.04. The molecule has 0 saturated heterocycles. The van der Waals surface area contributed by atoms with Crippen LogP contribution in [0.4, 0.5) is 5.13 Å². The summed E-state index contributed by atoms with van der Waals surface area (Å²) in [6, 6.07) is 14.7. The number of ether oxygens (including phenoxy) is 2. The van der Waals surface area contributed by atoms with E-state index in [4.69, 9.17) is 14.5 Å². The minimum absolute atomic E-state index is 0.0781. The van der Waals surface area contributed by atoms with Gasteiger partial charge in [0.15, 0.2) is 22.4 Å². The number of pyridine rings is 1. The summed E-state index contributed by atoms with van der Waals surface area (Å²) in [5, 5.41) is 3.93. The molecule has 7 nitrogen and oxygen atoms in total. The molecule has 1 amide bonds. The van der Waals surface area contributed by atoms with Gasteiger partial charge in [-0.2, -0.15) is 0 Å². The maximum atomic E-state index is 13.2. The summed E-state index contributed by atoms with van der Waals surface area (Å²) in [5.74, 6) is 0.774. The Balaban J connectivity index is 1.78. The molecule has 4 aromatic rings. The number of aromatic nitrogens is 2. The van der Waals surface area contributed by atoms with E-state index in [0.717, 1.165) is 5.56 Å². The van der Waals surface area contributed by atoms with Gasteiger partial charge < -0.3 is 9.47 Å². The van der Waals surface area contributed by atoms with Crippen molar-refractivity contribution in [2.45, 2.75) is 13.8 Å². The number of fused-ring (bicyclic) bond motifs is 1. The van der Waals surface area contributed by atoms with Crippen molar-refractivity contribution in [3.63, 3.8) is 0 Å². The number of hydrogen-bond donors (Lipinski definition) is 1. The average molecular weight is 448 g/mol. The highest BCUT2D eigenvalue weighted by molar-refractivity contribution is 7.17. The first kappa shape index (κ1) is 21.5. The van der Waals surface area contributed by atoms with E-state index < -0.39 is 0 Å². The van der Waals surface area contributed by atoms with E-state index >= 15 is 0 Å². The van der Waals surface area contributed by atoms with Gasteiger partial charge in [0, 0.05) is 17.9 Å². The van der Waals surface area contributed by atoms with Crippen LogP contribution in [0.1, 0.15) is 32.6 Å². The van der Waals surface area contributed by atoms with Crippen molar-refractivity contribution in [2.75, 3.05) is 19.5 Å². The highest BCUT2D eigenvalue weighted by Gasteiger charge is 2.18. The number of ketones is 1. The standard InChI is InChI=1S/C24H21N3O4S/c1-13-22(14(2)28)32-24(25-13)27-23(29)17-12-19(26-18-8-6-5-7-16(17)18)15-9-10-20(30-3)21(11-15)31-4/h5-12H,1-4H3,(H,25,27,29). The summed E-state index contributed by atoms with van der Waals surface area (Å²) in [6.45, 7) is 3.23. The van der Waals surface area contributed by atoms with E-state index in [1.165, 1.54) is 18.3 Å². The van der Waals surface area contributed by atoms with Crippen LogP contribution < -0.4 is 14.8 Å². The summed E-state index contributed by atoms with van der Waals surface area (Å²) in [6.07, 6.45) is 0. The lowest BCUT2D eigenvalue weighted by Gasteiger charge is -2.12. The molecule has 8 heteroatoms. The lowest BCUT2D eigenvalue weighted by atomic mass is 10.0. The SMILES string of the molecule is COc1ccc(-c2cc(C(=O)Nc3nc(C)c(C(C)=O)s3)c3ccccc3n2)cc1OC. The third-order valence-electron chi connectivity index (χ3n) is 4.98. The van der Waals surface area contributed by atoms with Crippen molar-refractivity contribution in [1.29, 1.82) is 0 Å². The molecular formula is C24H21N3O4S. The number of nitrogens with zero attached hydrogens (tertiary/aromatic N) is 2. The number of Topliss-reactive ketones (excluding diaryl/α,β-unsaturated/α-hetero) is 1. The molecule has 2 heterocycles. The summed E-state index contributed by atoms with van der Waals surface area (Å²) in [5.41, 5.74) is 3.15. The fourth-order valence-corrected chi connectivity index (χ4v) is 4.30. The summed E-state index contributed by atoms with van der Waals surface area (Å²) in [7, 11) is 3.14. The second-order valence-corrected chi connectivity index (χ2v) is 8.08. The second-order valence-electron chi connectivity index (χ2n) is 7.09. The van der Waals surface area contributed by atoms with Gasteiger partial charge in [-0.25, -0.2) is 9.97 Å². The zero-order chi connectivity index (χ0) is 22.8. The van der Waals surface area contributed by atoms with Gasteiger partial charge in [-0.3, -0.25) is 14.9 Å². The number of carbonyl (C=O) groups is 2. The number of thiazole rings is 1. The van der Waals surface area contributed by atoms with Crippen LogP contribution in [-0.4, -0.2) is 35.9 Å². The van der Waals surface area contributed by atoms with E-state index in [0.29, 0.717) is 49.4 Å². The number of benzene rings is 2. The molecule has 32 heavy (non-hydrogen) atoms. The molecule has 4 rings (SSSR count). The average Bonchev–Trinajstić information content (AvgIpc) is 3.17. The molecule has 0 bridgehead atoms. The van der Waals surface area contributed by atoms with Crippen LogP contribution in [0.5, 0.6) is 11.5 Å². The topological polar surface area (TPSA) is 90.4 Å². The monoisotopic (exact) mass is 447 g/mol. The number of anilines is 1. The maximum Gasteiger partial charge on any atom is 0.258 e. The van der Waals surface area contributed by atoms with E-state index in [1.807, 2.05) is 36.4 Å². The highest BCUT2D eigenvalue weighted by atomic mass is 32.1. The molecule has 0 atom stereocenters. The number of methoxy groups -OCH3 is 2. The minimum Gasteiger partial charge on any atom is -0.493 e. The zero-order valence-corrected chi connectivity index (χ0v) is 18.9. The first-order chi connectivity index (χ1) is 15.4. The molecule has 1 N–H and O–H groups in total. The summed E-state index contributed by atoms with van der Waals surface area (Å²) in [4.78, 5) is 34.6. The molecule has 0 aliphatic carbocycles. The van der Waals surface area contributed by atoms with Gasteiger partial charge >= 0.3 is 0 Å². The van der Waals surface area contributed by atoms with Gasteiger partial charge in [-0.1, -0.05) is 29.5 Å². The fraction of sp³-hybridized carbons (Fsp3) is 0.167. The van der Waals surface area contributed by atoms with E-state index in [2.05, 4.69) is 10.3 Å². The minimum atomic E-state index is -0.325. The fourth-order valence-electron chi connectivity index (χ4n) is 3.45. The Hall–Kier alpha value is -3.78. The summed E-state index contributed by atoms with van der Waals surface area (Å²) >= 11 is 1.17. The molecule has 0 radical (unpaired) electrons. The number of carbonyl (C=O) groups excluding carboxylic acids is 2. The summed E-state index contributed by atoms with van der Waals surface area (Å²) < 4.78 is 10.7. The van der Waals surface area contributed by atoms with Crippen molar-refractivity contribution in [1.82, 2.24) is 9.97 Å². The number of amides is 1. The maximum absolute atomic E-state index is 13.2. The zero-order valence-electron chi connectivity index (χ0n) is 18.1. The van der Waals surface area contributed by atoms with Crippen molar-refractivity contribution < 1.29 is 19.1 Å². The molecule has 2 aromatic carbocycles. The molecular weight excluding hydrogens is 426 g/mol. The van der Waals surface area contributed by atoms with Crippen LogP contribution in [0.3, 0.4) is 0 Å². The smallest absolute Gasteiger partial charge is 0.258 e.